The minimum Gasteiger partial charge on any atom is -0.463 e. The van der Waals surface area contributed by atoms with Crippen molar-refractivity contribution in [3.63, 3.8) is 0 Å². The van der Waals surface area contributed by atoms with Crippen molar-refractivity contribution in [2.75, 3.05) is 6.61 Å². The second kappa shape index (κ2) is 7.89. The highest BCUT2D eigenvalue weighted by atomic mass is 35.5. The number of hydrogen-bond donors (Lipinski definition) is 0. The molecule has 1 heterocycles. The normalized spacial score (nSPS) is 14.9. The van der Waals surface area contributed by atoms with Crippen LogP contribution in [-0.2, 0) is 16.0 Å². The first-order valence-corrected chi connectivity index (χ1v) is 8.82. The molecule has 0 aliphatic heterocycles. The van der Waals surface area contributed by atoms with Crippen LogP contribution < -0.4 is 4.74 Å². The van der Waals surface area contributed by atoms with E-state index in [9.17, 15) is 4.79 Å². The van der Waals surface area contributed by atoms with E-state index in [1.54, 1.807) is 31.3 Å². The number of aryl methyl sites for hydroxylation is 1. The number of rotatable bonds is 4. The van der Waals surface area contributed by atoms with Gasteiger partial charge in [0.25, 0.3) is 0 Å². The lowest BCUT2D eigenvalue weighted by Gasteiger charge is -2.19. The van der Waals surface area contributed by atoms with Crippen LogP contribution in [0.25, 0.3) is 5.57 Å². The number of ether oxygens (including phenoxy) is 2. The van der Waals surface area contributed by atoms with Crippen molar-refractivity contribution in [1.82, 2.24) is 4.98 Å². The van der Waals surface area contributed by atoms with Gasteiger partial charge in [0.2, 0.25) is 0 Å². The Hall–Kier alpha value is -2.04. The predicted octanol–water partition coefficient (Wildman–Crippen LogP) is 5.46. The topological polar surface area (TPSA) is 48.4 Å². The van der Waals surface area contributed by atoms with Crippen molar-refractivity contribution in [3.05, 3.63) is 57.8 Å². The fourth-order valence-corrected chi connectivity index (χ4v) is 3.21. The molecule has 0 bridgehead atoms. The van der Waals surface area contributed by atoms with Crippen molar-refractivity contribution < 1.29 is 14.3 Å². The molecule has 0 atom stereocenters. The average molecular weight is 378 g/mol. The first-order chi connectivity index (χ1) is 12.1. The molecule has 4 nitrogen and oxygen atoms in total. The van der Waals surface area contributed by atoms with E-state index < -0.39 is 0 Å². The molecule has 2 aromatic rings. The van der Waals surface area contributed by atoms with Gasteiger partial charge in [-0.1, -0.05) is 23.2 Å². The molecule has 3 rings (SSSR count). The number of nitrogens with zero attached hydrogens (tertiary/aromatic N) is 1. The van der Waals surface area contributed by atoms with Crippen LogP contribution in [-0.4, -0.2) is 17.6 Å². The summed E-state index contributed by atoms with van der Waals surface area (Å²) in [4.78, 5) is 16.2. The fraction of sp³-hybridized carbons (Fsp3) is 0.263. The standard InChI is InChI=1S/C19H17Cl2NO3/c1-2-24-18(23)9-13-5-3-4-12-8-15(11-22-19(12)13)25-17-7-6-14(20)10-16(17)21/h6-11H,2-5H2,1H3/b13-9+. The van der Waals surface area contributed by atoms with Crippen LogP contribution in [0.3, 0.4) is 0 Å². The summed E-state index contributed by atoms with van der Waals surface area (Å²) < 4.78 is 10.8. The third-order valence-electron chi connectivity index (χ3n) is 3.84. The number of hydrogen-bond acceptors (Lipinski definition) is 4. The van der Waals surface area contributed by atoms with Crippen molar-refractivity contribution >= 4 is 34.7 Å². The summed E-state index contributed by atoms with van der Waals surface area (Å²) in [5, 5.41) is 0.989. The number of esters is 1. The van der Waals surface area contributed by atoms with Crippen LogP contribution in [0.5, 0.6) is 11.5 Å². The van der Waals surface area contributed by atoms with Crippen LogP contribution in [0.2, 0.25) is 10.0 Å². The molecule has 0 saturated heterocycles. The molecule has 130 valence electrons. The molecule has 0 fully saturated rings. The zero-order chi connectivity index (χ0) is 17.8. The van der Waals surface area contributed by atoms with Gasteiger partial charge in [-0.25, -0.2) is 4.79 Å². The number of pyridine rings is 1. The van der Waals surface area contributed by atoms with E-state index in [-0.39, 0.29) is 5.97 Å². The highest BCUT2D eigenvalue weighted by molar-refractivity contribution is 6.35. The van der Waals surface area contributed by atoms with Crippen LogP contribution in [0.4, 0.5) is 0 Å². The number of allylic oxidation sites excluding steroid dienone is 1. The van der Waals surface area contributed by atoms with E-state index in [2.05, 4.69) is 4.98 Å². The minimum absolute atomic E-state index is 0.333. The molecule has 1 aromatic heterocycles. The van der Waals surface area contributed by atoms with Gasteiger partial charge in [-0.05, 0) is 61.6 Å². The summed E-state index contributed by atoms with van der Waals surface area (Å²) in [6.07, 6.45) is 5.81. The molecule has 1 aliphatic rings. The number of carbonyl (C=O) groups excluding carboxylic acids is 1. The summed E-state index contributed by atoms with van der Waals surface area (Å²) in [5.41, 5.74) is 2.77. The highest BCUT2D eigenvalue weighted by Gasteiger charge is 2.18. The number of carbonyl (C=O) groups is 1. The van der Waals surface area contributed by atoms with Gasteiger partial charge >= 0.3 is 5.97 Å². The Bertz CT molecular complexity index is 833. The summed E-state index contributed by atoms with van der Waals surface area (Å²) in [7, 11) is 0. The van der Waals surface area contributed by atoms with Gasteiger partial charge in [0, 0.05) is 11.1 Å². The van der Waals surface area contributed by atoms with E-state index in [4.69, 9.17) is 32.7 Å². The molecule has 0 spiro atoms. The van der Waals surface area contributed by atoms with Crippen molar-refractivity contribution in [3.8, 4) is 11.5 Å². The second-order valence-corrected chi connectivity index (χ2v) is 6.47. The Kier molecular flexibility index (Phi) is 5.61. The summed E-state index contributed by atoms with van der Waals surface area (Å²) in [5.74, 6) is 0.784. The molecule has 6 heteroatoms. The first-order valence-electron chi connectivity index (χ1n) is 8.06. The largest absolute Gasteiger partial charge is 0.463 e. The smallest absolute Gasteiger partial charge is 0.331 e. The summed E-state index contributed by atoms with van der Waals surface area (Å²) >= 11 is 12.0. The Morgan fingerprint density at radius 1 is 1.28 bits per heavy atom. The van der Waals surface area contributed by atoms with E-state index in [0.29, 0.717) is 28.2 Å². The summed E-state index contributed by atoms with van der Waals surface area (Å²) in [6.45, 7) is 2.15. The van der Waals surface area contributed by atoms with E-state index >= 15 is 0 Å². The minimum atomic E-state index is -0.333. The lowest BCUT2D eigenvalue weighted by Crippen LogP contribution is -2.08. The second-order valence-electron chi connectivity index (χ2n) is 5.63. The third kappa shape index (κ3) is 4.33. The number of fused-ring (bicyclic) bond motifs is 1. The number of halogens is 2. The molecule has 0 amide bonds. The van der Waals surface area contributed by atoms with E-state index in [1.165, 1.54) is 6.08 Å². The van der Waals surface area contributed by atoms with Crippen LogP contribution >= 0.6 is 23.2 Å². The fourth-order valence-electron chi connectivity index (χ4n) is 2.76. The monoisotopic (exact) mass is 377 g/mol. The Morgan fingerprint density at radius 3 is 2.88 bits per heavy atom. The van der Waals surface area contributed by atoms with Gasteiger partial charge in [0.15, 0.2) is 0 Å². The molecule has 0 radical (unpaired) electrons. The molecule has 1 aliphatic carbocycles. The Morgan fingerprint density at radius 2 is 2.12 bits per heavy atom. The lowest BCUT2D eigenvalue weighted by atomic mass is 9.91. The number of benzene rings is 1. The van der Waals surface area contributed by atoms with Gasteiger partial charge < -0.3 is 9.47 Å². The number of aromatic nitrogens is 1. The van der Waals surface area contributed by atoms with E-state index in [0.717, 1.165) is 36.1 Å². The van der Waals surface area contributed by atoms with Crippen LogP contribution in [0, 0.1) is 0 Å². The molecule has 0 saturated carbocycles. The molecule has 0 N–H and O–H groups in total. The van der Waals surface area contributed by atoms with Gasteiger partial charge in [0.1, 0.15) is 11.5 Å². The zero-order valence-corrected chi connectivity index (χ0v) is 15.2. The van der Waals surface area contributed by atoms with Gasteiger partial charge in [-0.3, -0.25) is 4.98 Å². The highest BCUT2D eigenvalue weighted by Crippen LogP contribution is 2.35. The van der Waals surface area contributed by atoms with E-state index in [1.807, 2.05) is 6.07 Å². The van der Waals surface area contributed by atoms with Crippen molar-refractivity contribution in [2.45, 2.75) is 26.2 Å². The maximum Gasteiger partial charge on any atom is 0.331 e. The molecule has 0 unspecified atom stereocenters. The average Bonchev–Trinajstić information content (AvgIpc) is 2.58. The molecule has 25 heavy (non-hydrogen) atoms. The summed E-state index contributed by atoms with van der Waals surface area (Å²) in [6, 6.07) is 7.00. The van der Waals surface area contributed by atoms with Crippen LogP contribution in [0.15, 0.2) is 36.5 Å². The predicted molar refractivity (Wildman–Crippen MR) is 98.3 cm³/mol. The third-order valence-corrected chi connectivity index (χ3v) is 4.37. The van der Waals surface area contributed by atoms with Gasteiger partial charge in [0.05, 0.1) is 23.5 Å². The Balaban J connectivity index is 1.85. The SMILES string of the molecule is CCOC(=O)/C=C1\CCCc2cc(Oc3ccc(Cl)cc3Cl)cnc21. The maximum atomic E-state index is 11.7. The Labute approximate surface area is 156 Å². The zero-order valence-electron chi connectivity index (χ0n) is 13.7. The quantitative estimate of drug-likeness (QED) is 0.523. The molecule has 1 aromatic carbocycles. The lowest BCUT2D eigenvalue weighted by molar-refractivity contribution is -0.137. The molecular weight excluding hydrogens is 361 g/mol. The van der Waals surface area contributed by atoms with Crippen molar-refractivity contribution in [1.29, 1.82) is 0 Å². The van der Waals surface area contributed by atoms with Gasteiger partial charge in [-0.15, -0.1) is 0 Å². The molecular formula is C19H17Cl2NO3. The maximum absolute atomic E-state index is 11.7. The van der Waals surface area contributed by atoms with Gasteiger partial charge in [-0.2, -0.15) is 0 Å². The van der Waals surface area contributed by atoms with Crippen molar-refractivity contribution in [2.24, 2.45) is 0 Å². The van der Waals surface area contributed by atoms with Crippen LogP contribution in [0.1, 0.15) is 31.0 Å². The first kappa shape index (κ1) is 17.8.